The Balaban J connectivity index is 2.04. The molecule has 0 aliphatic rings. The second-order valence-electron chi connectivity index (χ2n) is 6.44. The summed E-state index contributed by atoms with van der Waals surface area (Å²) in [5.74, 6) is 0.335. The fraction of sp³-hybridized carbons (Fsp3) is 0.318. The van der Waals surface area contributed by atoms with Gasteiger partial charge in [-0.05, 0) is 43.7 Å². The molecule has 2 aromatic carbocycles. The molecule has 0 unspecified atom stereocenters. The van der Waals surface area contributed by atoms with Crippen molar-refractivity contribution in [1.82, 2.24) is 5.43 Å². The minimum Gasteiger partial charge on any atom is -0.497 e. The van der Waals surface area contributed by atoms with E-state index in [0.29, 0.717) is 21.4 Å². The van der Waals surface area contributed by atoms with Gasteiger partial charge >= 0.3 is 5.97 Å². The molecule has 2 aromatic rings. The minimum atomic E-state index is -0.547. The molecule has 0 amide bonds. The lowest BCUT2D eigenvalue weighted by Gasteiger charge is -2.15. The Bertz CT molecular complexity index is 946. The van der Waals surface area contributed by atoms with Crippen LogP contribution in [-0.4, -0.2) is 37.7 Å². The van der Waals surface area contributed by atoms with Gasteiger partial charge in [0.1, 0.15) is 23.8 Å². The molecule has 0 spiro atoms. The molecule has 2 rings (SSSR count). The van der Waals surface area contributed by atoms with Crippen LogP contribution in [-0.2, 0) is 27.4 Å². The molecule has 9 heteroatoms. The van der Waals surface area contributed by atoms with E-state index in [-0.39, 0.29) is 37.7 Å². The highest BCUT2D eigenvalue weighted by atomic mass is 35.5. The van der Waals surface area contributed by atoms with E-state index in [9.17, 15) is 9.59 Å². The highest BCUT2D eigenvalue weighted by molar-refractivity contribution is 6.35. The number of benzene rings is 2. The molecule has 0 saturated heterocycles. The summed E-state index contributed by atoms with van der Waals surface area (Å²) in [6, 6.07) is 10.6. The van der Waals surface area contributed by atoms with Gasteiger partial charge in [0.2, 0.25) is 0 Å². The second kappa shape index (κ2) is 12.2. The number of halogens is 2. The van der Waals surface area contributed by atoms with E-state index in [1.165, 1.54) is 6.92 Å². The van der Waals surface area contributed by atoms with Gasteiger partial charge < -0.3 is 19.6 Å². The normalized spacial score (nSPS) is 11.1. The summed E-state index contributed by atoms with van der Waals surface area (Å²) in [7, 11) is 1.60. The Labute approximate surface area is 191 Å². The SMILES string of the molecule is CCOC(=O)/C(C)=N\NCC(=O)Cc1c(Cl)ccc(Cl)c1OCc1ccc(OC)cc1. The molecule has 0 heterocycles. The maximum absolute atomic E-state index is 12.4. The van der Waals surface area contributed by atoms with Gasteiger partial charge in [-0.1, -0.05) is 35.3 Å². The fourth-order valence-corrected chi connectivity index (χ4v) is 3.01. The number of rotatable bonds is 11. The van der Waals surface area contributed by atoms with Gasteiger partial charge in [0.15, 0.2) is 5.78 Å². The van der Waals surface area contributed by atoms with E-state index in [1.807, 2.05) is 24.3 Å². The van der Waals surface area contributed by atoms with E-state index in [1.54, 1.807) is 26.2 Å². The lowest BCUT2D eigenvalue weighted by atomic mass is 10.1. The van der Waals surface area contributed by atoms with Gasteiger partial charge in [-0.3, -0.25) is 4.79 Å². The van der Waals surface area contributed by atoms with Crippen LogP contribution in [0.25, 0.3) is 0 Å². The van der Waals surface area contributed by atoms with E-state index >= 15 is 0 Å². The van der Waals surface area contributed by atoms with Crippen molar-refractivity contribution in [3.05, 3.63) is 57.6 Å². The minimum absolute atomic E-state index is 0.0156. The van der Waals surface area contributed by atoms with Crippen molar-refractivity contribution in [2.75, 3.05) is 20.3 Å². The predicted octanol–water partition coefficient (Wildman–Crippen LogP) is 4.22. The molecule has 0 saturated carbocycles. The quantitative estimate of drug-likeness (QED) is 0.303. The van der Waals surface area contributed by atoms with E-state index in [0.717, 1.165) is 11.3 Å². The second-order valence-corrected chi connectivity index (χ2v) is 7.26. The number of nitrogens with one attached hydrogen (secondary N) is 1. The summed E-state index contributed by atoms with van der Waals surface area (Å²) in [5, 5.41) is 4.57. The van der Waals surface area contributed by atoms with Crippen LogP contribution in [0, 0.1) is 0 Å². The average Bonchev–Trinajstić information content (AvgIpc) is 2.76. The number of hydrazone groups is 1. The number of Topliss-reactive ketones (excluding diaryl/α,β-unsaturated/α-hetero) is 1. The van der Waals surface area contributed by atoms with Gasteiger partial charge in [-0.15, -0.1) is 0 Å². The molecule has 0 bridgehead atoms. The van der Waals surface area contributed by atoms with Gasteiger partial charge in [0, 0.05) is 17.0 Å². The predicted molar refractivity (Wildman–Crippen MR) is 120 cm³/mol. The first kappa shape index (κ1) is 24.5. The van der Waals surface area contributed by atoms with Crippen molar-refractivity contribution in [2.45, 2.75) is 26.9 Å². The first-order valence-electron chi connectivity index (χ1n) is 9.54. The number of ether oxygens (including phenoxy) is 3. The van der Waals surface area contributed by atoms with Crippen molar-refractivity contribution in [3.63, 3.8) is 0 Å². The Morgan fingerprint density at radius 2 is 1.74 bits per heavy atom. The van der Waals surface area contributed by atoms with Gasteiger partial charge in [-0.25, -0.2) is 4.79 Å². The number of methoxy groups -OCH3 is 1. The molecule has 1 N–H and O–H groups in total. The molecule has 7 nitrogen and oxygen atoms in total. The van der Waals surface area contributed by atoms with Gasteiger partial charge in [0.25, 0.3) is 0 Å². The lowest BCUT2D eigenvalue weighted by molar-refractivity contribution is -0.135. The molecule has 0 aliphatic carbocycles. The fourth-order valence-electron chi connectivity index (χ4n) is 2.56. The summed E-state index contributed by atoms with van der Waals surface area (Å²) in [5.41, 5.74) is 4.09. The summed E-state index contributed by atoms with van der Waals surface area (Å²) in [6.45, 7) is 3.58. The molecule has 0 atom stereocenters. The molecule has 0 radical (unpaired) electrons. The smallest absolute Gasteiger partial charge is 0.354 e. The van der Waals surface area contributed by atoms with Crippen molar-refractivity contribution < 1.29 is 23.8 Å². The van der Waals surface area contributed by atoms with Crippen LogP contribution in [0.3, 0.4) is 0 Å². The molecular formula is C22H24Cl2N2O5. The Morgan fingerprint density at radius 3 is 2.39 bits per heavy atom. The molecular weight excluding hydrogens is 443 g/mol. The van der Waals surface area contributed by atoms with Crippen molar-refractivity contribution in [2.24, 2.45) is 5.10 Å². The van der Waals surface area contributed by atoms with Crippen molar-refractivity contribution >= 4 is 40.7 Å². The highest BCUT2D eigenvalue weighted by Gasteiger charge is 2.17. The number of carbonyl (C=O) groups excluding carboxylic acids is 2. The number of ketones is 1. The first-order valence-corrected chi connectivity index (χ1v) is 10.3. The monoisotopic (exact) mass is 466 g/mol. The molecule has 31 heavy (non-hydrogen) atoms. The Morgan fingerprint density at radius 1 is 1.06 bits per heavy atom. The van der Waals surface area contributed by atoms with Crippen molar-refractivity contribution in [3.8, 4) is 11.5 Å². The largest absolute Gasteiger partial charge is 0.497 e. The summed E-state index contributed by atoms with van der Waals surface area (Å²) in [6.07, 6.45) is -0.0156. The Kier molecular flexibility index (Phi) is 9.62. The zero-order valence-electron chi connectivity index (χ0n) is 17.5. The zero-order valence-corrected chi connectivity index (χ0v) is 19.0. The highest BCUT2D eigenvalue weighted by Crippen LogP contribution is 2.35. The van der Waals surface area contributed by atoms with Crippen LogP contribution in [0.1, 0.15) is 25.0 Å². The molecule has 0 aliphatic heterocycles. The Hall–Kier alpha value is -2.77. The van der Waals surface area contributed by atoms with Crippen LogP contribution >= 0.6 is 23.2 Å². The zero-order chi connectivity index (χ0) is 22.8. The number of esters is 1. The summed E-state index contributed by atoms with van der Waals surface area (Å²) >= 11 is 12.6. The third-order valence-electron chi connectivity index (χ3n) is 4.17. The molecule has 166 valence electrons. The van der Waals surface area contributed by atoms with Crippen LogP contribution in [0.5, 0.6) is 11.5 Å². The van der Waals surface area contributed by atoms with Crippen LogP contribution in [0.4, 0.5) is 0 Å². The maximum atomic E-state index is 12.4. The topological polar surface area (TPSA) is 86.2 Å². The van der Waals surface area contributed by atoms with Crippen molar-refractivity contribution in [1.29, 1.82) is 0 Å². The van der Waals surface area contributed by atoms with Crippen LogP contribution in [0.2, 0.25) is 10.0 Å². The van der Waals surface area contributed by atoms with Gasteiger partial charge in [0.05, 0.1) is 25.3 Å². The maximum Gasteiger partial charge on any atom is 0.354 e. The lowest BCUT2D eigenvalue weighted by Crippen LogP contribution is -2.24. The average molecular weight is 467 g/mol. The van der Waals surface area contributed by atoms with Crippen LogP contribution in [0.15, 0.2) is 41.5 Å². The van der Waals surface area contributed by atoms with Gasteiger partial charge in [-0.2, -0.15) is 5.10 Å². The number of nitrogens with zero attached hydrogens (tertiary/aromatic N) is 1. The van der Waals surface area contributed by atoms with E-state index in [4.69, 9.17) is 37.4 Å². The number of carbonyl (C=O) groups is 2. The summed E-state index contributed by atoms with van der Waals surface area (Å²) in [4.78, 5) is 24.0. The third-order valence-corrected chi connectivity index (χ3v) is 4.82. The van der Waals surface area contributed by atoms with Crippen LogP contribution < -0.4 is 14.9 Å². The molecule has 0 fully saturated rings. The van der Waals surface area contributed by atoms with E-state index in [2.05, 4.69) is 10.5 Å². The number of hydrogen-bond donors (Lipinski definition) is 1. The standard InChI is InChI=1S/C22H24Cl2N2O5/c1-4-30-22(28)14(2)26-25-12-16(27)11-18-19(23)9-10-20(24)21(18)31-13-15-5-7-17(29-3)8-6-15/h5-10,25H,4,11-13H2,1-3H3/b26-14-. The van der Waals surface area contributed by atoms with E-state index < -0.39 is 5.97 Å². The molecule has 0 aromatic heterocycles. The first-order chi connectivity index (χ1) is 14.8. The summed E-state index contributed by atoms with van der Waals surface area (Å²) < 4.78 is 15.9. The third kappa shape index (κ3) is 7.45. The number of hydrogen-bond acceptors (Lipinski definition) is 7.